The van der Waals surface area contributed by atoms with Crippen molar-refractivity contribution in [3.05, 3.63) is 11.9 Å². The number of rotatable bonds is 3. The highest BCUT2D eigenvalue weighted by molar-refractivity contribution is 5.04. The summed E-state index contributed by atoms with van der Waals surface area (Å²) in [7, 11) is 1.92. The number of nitrogens with two attached hydrogens (primary N) is 1. The van der Waals surface area contributed by atoms with E-state index in [4.69, 9.17) is 5.84 Å². The summed E-state index contributed by atoms with van der Waals surface area (Å²) in [6, 6.07) is 0.168. The summed E-state index contributed by atoms with van der Waals surface area (Å²) in [5.74, 6) is 7.18. The Bertz CT molecular complexity index is 398. The lowest BCUT2D eigenvalue weighted by Crippen LogP contribution is -2.37. The van der Waals surface area contributed by atoms with Crippen molar-refractivity contribution in [2.45, 2.75) is 52.5 Å². The quantitative estimate of drug-likeness (QED) is 0.649. The van der Waals surface area contributed by atoms with Crippen molar-refractivity contribution in [3.63, 3.8) is 0 Å². The number of hydrogen-bond donors (Lipinski definition) is 2. The van der Waals surface area contributed by atoms with E-state index in [1.807, 2.05) is 17.9 Å². The predicted molar refractivity (Wildman–Crippen MR) is 76.0 cm³/mol. The van der Waals surface area contributed by atoms with Gasteiger partial charge in [0, 0.05) is 7.05 Å². The van der Waals surface area contributed by atoms with Gasteiger partial charge in [-0.25, -0.2) is 0 Å². The van der Waals surface area contributed by atoms with E-state index in [1.54, 1.807) is 0 Å². The summed E-state index contributed by atoms with van der Waals surface area (Å²) in [5, 5.41) is 7.96. The predicted octanol–water partition coefficient (Wildman–Crippen LogP) is 2.17. The van der Waals surface area contributed by atoms with E-state index in [2.05, 4.69) is 36.5 Å². The number of nitrogens with one attached hydrogen (secondary N) is 1. The maximum Gasteiger partial charge on any atom is 0.0769 e. The van der Waals surface area contributed by atoms with Gasteiger partial charge in [-0.05, 0) is 42.9 Å². The smallest absolute Gasteiger partial charge is 0.0769 e. The largest absolute Gasteiger partial charge is 0.271 e. The fourth-order valence-corrected chi connectivity index (χ4v) is 3.36. The van der Waals surface area contributed by atoms with Crippen molar-refractivity contribution in [1.29, 1.82) is 0 Å². The lowest BCUT2D eigenvalue weighted by Gasteiger charge is -2.39. The van der Waals surface area contributed by atoms with Crippen molar-refractivity contribution in [3.8, 4) is 0 Å². The average molecular weight is 265 g/mol. The highest BCUT2D eigenvalue weighted by Crippen LogP contribution is 2.43. The first-order valence-electron chi connectivity index (χ1n) is 7.24. The SMILES string of the molecule is Cn1nncc1C(NN)C1CCC(C(C)(C)C)CC1. The molecule has 5 nitrogen and oxygen atoms in total. The minimum atomic E-state index is 0.168. The van der Waals surface area contributed by atoms with Crippen molar-refractivity contribution in [1.82, 2.24) is 20.4 Å². The Morgan fingerprint density at radius 2 is 1.95 bits per heavy atom. The first kappa shape index (κ1) is 14.5. The van der Waals surface area contributed by atoms with Crippen molar-refractivity contribution >= 4 is 0 Å². The van der Waals surface area contributed by atoms with Gasteiger partial charge in [-0.2, -0.15) is 0 Å². The van der Waals surface area contributed by atoms with Gasteiger partial charge >= 0.3 is 0 Å². The number of hydrogen-bond acceptors (Lipinski definition) is 4. The van der Waals surface area contributed by atoms with E-state index in [9.17, 15) is 0 Å². The van der Waals surface area contributed by atoms with Crippen LogP contribution in [0, 0.1) is 17.3 Å². The molecule has 0 bridgehead atoms. The second kappa shape index (κ2) is 5.59. The average Bonchev–Trinajstić information content (AvgIpc) is 2.76. The molecule has 1 heterocycles. The van der Waals surface area contributed by atoms with Crippen LogP contribution in [0.4, 0.5) is 0 Å². The van der Waals surface area contributed by atoms with Crippen LogP contribution in [0.3, 0.4) is 0 Å². The summed E-state index contributed by atoms with van der Waals surface area (Å²) in [6.45, 7) is 7.05. The standard InChI is InChI=1S/C14H27N5/c1-14(2,3)11-7-5-10(6-8-11)13(17-15)12-9-16-18-19(12)4/h9-11,13,17H,5-8,15H2,1-4H3. The van der Waals surface area contributed by atoms with Crippen LogP contribution in [0.1, 0.15) is 58.2 Å². The van der Waals surface area contributed by atoms with Gasteiger partial charge in [0.25, 0.3) is 0 Å². The van der Waals surface area contributed by atoms with E-state index in [0.29, 0.717) is 11.3 Å². The number of aromatic nitrogens is 3. The zero-order valence-corrected chi connectivity index (χ0v) is 12.6. The minimum absolute atomic E-state index is 0.168. The molecule has 1 fully saturated rings. The summed E-state index contributed by atoms with van der Waals surface area (Å²) in [5.41, 5.74) is 4.47. The van der Waals surface area contributed by atoms with Crippen molar-refractivity contribution < 1.29 is 0 Å². The molecule has 1 aromatic heterocycles. The molecule has 0 aliphatic heterocycles. The molecule has 19 heavy (non-hydrogen) atoms. The van der Waals surface area contributed by atoms with Gasteiger partial charge in [0.05, 0.1) is 17.9 Å². The molecule has 1 aliphatic rings. The summed E-state index contributed by atoms with van der Waals surface area (Å²) in [6.07, 6.45) is 6.85. The van der Waals surface area contributed by atoms with Gasteiger partial charge in [0.1, 0.15) is 0 Å². The van der Waals surface area contributed by atoms with Crippen LogP contribution in [-0.2, 0) is 7.05 Å². The van der Waals surface area contributed by atoms with Gasteiger partial charge in [-0.1, -0.05) is 26.0 Å². The Morgan fingerprint density at radius 1 is 1.32 bits per heavy atom. The molecule has 1 aliphatic carbocycles. The molecule has 0 spiro atoms. The summed E-state index contributed by atoms with van der Waals surface area (Å²) < 4.78 is 1.82. The maximum absolute atomic E-state index is 5.77. The molecule has 108 valence electrons. The molecule has 1 unspecified atom stereocenters. The Kier molecular flexibility index (Phi) is 4.26. The second-order valence-corrected chi connectivity index (χ2v) is 6.90. The Labute approximate surface area is 115 Å². The highest BCUT2D eigenvalue weighted by Gasteiger charge is 2.34. The monoisotopic (exact) mass is 265 g/mol. The summed E-state index contributed by atoms with van der Waals surface area (Å²) >= 11 is 0. The van der Waals surface area contributed by atoms with Crippen molar-refractivity contribution in [2.75, 3.05) is 0 Å². The van der Waals surface area contributed by atoms with E-state index < -0.39 is 0 Å². The van der Waals surface area contributed by atoms with Crippen LogP contribution in [0.25, 0.3) is 0 Å². The molecule has 0 aromatic carbocycles. The number of hydrazine groups is 1. The third kappa shape index (κ3) is 3.15. The molecular formula is C14H27N5. The normalized spacial score (nSPS) is 26.4. The lowest BCUT2D eigenvalue weighted by atomic mass is 9.68. The zero-order chi connectivity index (χ0) is 14.0. The van der Waals surface area contributed by atoms with Crippen molar-refractivity contribution in [2.24, 2.45) is 30.1 Å². The van der Waals surface area contributed by atoms with Crippen LogP contribution in [-0.4, -0.2) is 15.0 Å². The first-order valence-corrected chi connectivity index (χ1v) is 7.24. The van der Waals surface area contributed by atoms with Gasteiger partial charge in [-0.15, -0.1) is 5.10 Å². The van der Waals surface area contributed by atoms with Crippen LogP contribution >= 0.6 is 0 Å². The molecular weight excluding hydrogens is 238 g/mol. The van der Waals surface area contributed by atoms with Crippen LogP contribution in [0.15, 0.2) is 6.20 Å². The van der Waals surface area contributed by atoms with Crippen LogP contribution in [0.5, 0.6) is 0 Å². The van der Waals surface area contributed by atoms with Crippen LogP contribution < -0.4 is 11.3 Å². The van der Waals surface area contributed by atoms with E-state index in [-0.39, 0.29) is 6.04 Å². The zero-order valence-electron chi connectivity index (χ0n) is 12.6. The Hall–Kier alpha value is -0.940. The third-order valence-corrected chi connectivity index (χ3v) is 4.72. The Balaban J connectivity index is 2.02. The molecule has 0 amide bonds. The first-order chi connectivity index (χ1) is 8.93. The molecule has 0 radical (unpaired) electrons. The van der Waals surface area contributed by atoms with Gasteiger partial charge in [-0.3, -0.25) is 16.0 Å². The second-order valence-electron chi connectivity index (χ2n) is 6.90. The number of nitrogens with zero attached hydrogens (tertiary/aromatic N) is 3. The van der Waals surface area contributed by atoms with E-state index >= 15 is 0 Å². The minimum Gasteiger partial charge on any atom is -0.271 e. The molecule has 0 saturated heterocycles. The summed E-state index contributed by atoms with van der Waals surface area (Å²) in [4.78, 5) is 0. The van der Waals surface area contributed by atoms with Gasteiger partial charge in [0.2, 0.25) is 0 Å². The fraction of sp³-hybridized carbons (Fsp3) is 0.857. The maximum atomic E-state index is 5.77. The molecule has 1 atom stereocenters. The molecule has 3 N–H and O–H groups in total. The topological polar surface area (TPSA) is 68.8 Å². The molecule has 2 rings (SSSR count). The molecule has 5 heteroatoms. The fourth-order valence-electron chi connectivity index (χ4n) is 3.36. The van der Waals surface area contributed by atoms with Crippen LogP contribution in [0.2, 0.25) is 0 Å². The number of aryl methyl sites for hydroxylation is 1. The molecule has 1 aromatic rings. The third-order valence-electron chi connectivity index (χ3n) is 4.72. The lowest BCUT2D eigenvalue weighted by molar-refractivity contribution is 0.131. The van der Waals surface area contributed by atoms with E-state index in [1.165, 1.54) is 25.7 Å². The van der Waals surface area contributed by atoms with Gasteiger partial charge in [0.15, 0.2) is 0 Å². The van der Waals surface area contributed by atoms with Gasteiger partial charge < -0.3 is 0 Å². The highest BCUT2D eigenvalue weighted by atomic mass is 15.4. The Morgan fingerprint density at radius 3 is 2.37 bits per heavy atom. The van der Waals surface area contributed by atoms with E-state index in [0.717, 1.165) is 11.6 Å². The molecule has 1 saturated carbocycles.